The normalized spacial score (nSPS) is 15.8. The predicted octanol–water partition coefficient (Wildman–Crippen LogP) is 5.73. The van der Waals surface area contributed by atoms with E-state index < -0.39 is 11.6 Å². The Bertz CT molecular complexity index is 1180. The minimum absolute atomic E-state index is 0.0421. The molecule has 0 bridgehead atoms. The molecule has 3 heterocycles. The molecule has 2 aromatic heterocycles. The summed E-state index contributed by atoms with van der Waals surface area (Å²) in [5.74, 6) is -0.725. The lowest BCUT2D eigenvalue weighted by Gasteiger charge is -2.23. The zero-order valence-corrected chi connectivity index (χ0v) is 18.2. The summed E-state index contributed by atoms with van der Waals surface area (Å²) in [5, 5.41) is 4.12. The Balaban J connectivity index is 0.00000119. The summed E-state index contributed by atoms with van der Waals surface area (Å²) in [6.45, 7) is 5.79. The number of halogens is 2. The summed E-state index contributed by atoms with van der Waals surface area (Å²) in [6, 6.07) is 9.15. The van der Waals surface area contributed by atoms with Crippen molar-refractivity contribution < 1.29 is 13.5 Å². The number of ether oxygens (including phenoxy) is 1. The van der Waals surface area contributed by atoms with Gasteiger partial charge in [-0.25, -0.2) is 13.8 Å². The molecule has 1 saturated heterocycles. The second-order valence-corrected chi connectivity index (χ2v) is 7.39. The number of nitrogens with one attached hydrogen (secondary N) is 2. The topological polar surface area (TPSA) is 62.8 Å². The molecule has 0 saturated carbocycles. The van der Waals surface area contributed by atoms with Crippen LogP contribution in [0.2, 0.25) is 0 Å². The van der Waals surface area contributed by atoms with E-state index in [-0.39, 0.29) is 11.7 Å². The van der Waals surface area contributed by atoms with E-state index in [1.807, 2.05) is 26.1 Å². The van der Waals surface area contributed by atoms with Crippen molar-refractivity contribution >= 4 is 10.9 Å². The Morgan fingerprint density at radius 2 is 1.88 bits per heavy atom. The Morgan fingerprint density at radius 1 is 1.06 bits per heavy atom. The third-order valence-electron chi connectivity index (χ3n) is 5.36. The lowest BCUT2D eigenvalue weighted by molar-refractivity contribution is 0.160. The highest BCUT2D eigenvalue weighted by atomic mass is 19.1. The van der Waals surface area contributed by atoms with Gasteiger partial charge in [0.1, 0.15) is 17.7 Å². The van der Waals surface area contributed by atoms with Crippen molar-refractivity contribution in [2.45, 2.75) is 32.8 Å². The smallest absolute Gasteiger partial charge is 0.233 e. The number of rotatable bonds is 4. The molecule has 0 radical (unpaired) electrons. The molecule has 7 heteroatoms. The molecule has 1 atom stereocenters. The maximum absolute atomic E-state index is 14.3. The molecule has 1 aliphatic heterocycles. The standard InChI is InChI=1S/C23H20F2N4O.C2H6/c24-18-4-1-5-19(25)23(18)14-6-7-20-16(9-14)17(11-28-20)21-12-27-13-22(29-21)30-15-3-2-8-26-10-15;1-2/h1,4-7,9,11-13,15,26,28H,2-3,8,10H2;1-2H3. The van der Waals surface area contributed by atoms with Crippen molar-refractivity contribution in [1.29, 1.82) is 0 Å². The second kappa shape index (κ2) is 9.87. The Kier molecular flexibility index (Phi) is 6.75. The quantitative estimate of drug-likeness (QED) is 0.429. The average Bonchev–Trinajstić information content (AvgIpc) is 3.25. The van der Waals surface area contributed by atoms with Crippen LogP contribution >= 0.6 is 0 Å². The minimum Gasteiger partial charge on any atom is -0.472 e. The highest BCUT2D eigenvalue weighted by Gasteiger charge is 2.17. The van der Waals surface area contributed by atoms with E-state index in [4.69, 9.17) is 4.74 Å². The van der Waals surface area contributed by atoms with E-state index in [9.17, 15) is 8.78 Å². The van der Waals surface area contributed by atoms with Crippen LogP contribution in [0.3, 0.4) is 0 Å². The molecule has 2 N–H and O–H groups in total. The monoisotopic (exact) mass is 436 g/mol. The molecule has 2 aromatic carbocycles. The van der Waals surface area contributed by atoms with Crippen molar-refractivity contribution in [3.8, 4) is 28.3 Å². The summed E-state index contributed by atoms with van der Waals surface area (Å²) in [7, 11) is 0. The van der Waals surface area contributed by atoms with Gasteiger partial charge in [0, 0.05) is 29.2 Å². The van der Waals surface area contributed by atoms with Crippen LogP contribution in [0.5, 0.6) is 5.88 Å². The van der Waals surface area contributed by atoms with Gasteiger partial charge in [-0.05, 0) is 49.2 Å². The van der Waals surface area contributed by atoms with Crippen LogP contribution in [0, 0.1) is 11.6 Å². The molecule has 5 nitrogen and oxygen atoms in total. The van der Waals surface area contributed by atoms with Crippen molar-refractivity contribution in [1.82, 2.24) is 20.3 Å². The Hall–Kier alpha value is -3.32. The predicted molar refractivity (Wildman–Crippen MR) is 123 cm³/mol. The van der Waals surface area contributed by atoms with Gasteiger partial charge in [-0.2, -0.15) is 0 Å². The molecular weight excluding hydrogens is 410 g/mol. The molecule has 1 fully saturated rings. The highest BCUT2D eigenvalue weighted by Crippen LogP contribution is 2.33. The van der Waals surface area contributed by atoms with Gasteiger partial charge in [0.05, 0.1) is 23.7 Å². The zero-order valence-electron chi connectivity index (χ0n) is 18.2. The number of aromatic amines is 1. The van der Waals surface area contributed by atoms with Crippen LogP contribution in [0.4, 0.5) is 8.78 Å². The number of hydrogen-bond acceptors (Lipinski definition) is 4. The number of piperidine rings is 1. The van der Waals surface area contributed by atoms with Gasteiger partial charge in [0.15, 0.2) is 0 Å². The summed E-state index contributed by atoms with van der Waals surface area (Å²) in [4.78, 5) is 12.1. The molecule has 0 aliphatic carbocycles. The SMILES string of the molecule is CC.Fc1cccc(F)c1-c1ccc2[nH]cc(-c3cncc(OC4CCCNC4)n3)c2c1. The second-order valence-electron chi connectivity index (χ2n) is 7.39. The Morgan fingerprint density at radius 3 is 2.62 bits per heavy atom. The maximum atomic E-state index is 14.3. The minimum atomic E-state index is -0.595. The maximum Gasteiger partial charge on any atom is 0.233 e. The van der Waals surface area contributed by atoms with E-state index in [1.165, 1.54) is 18.2 Å². The van der Waals surface area contributed by atoms with Gasteiger partial charge in [0.25, 0.3) is 0 Å². The molecule has 1 aliphatic rings. The first-order valence-electron chi connectivity index (χ1n) is 10.9. The van der Waals surface area contributed by atoms with E-state index >= 15 is 0 Å². The van der Waals surface area contributed by atoms with Crippen molar-refractivity contribution in [2.75, 3.05) is 13.1 Å². The first-order valence-corrected chi connectivity index (χ1v) is 10.9. The van der Waals surface area contributed by atoms with Crippen molar-refractivity contribution in [3.05, 3.63) is 66.6 Å². The molecule has 0 spiro atoms. The molecule has 0 amide bonds. The summed E-state index contributed by atoms with van der Waals surface area (Å²) < 4.78 is 34.5. The number of benzene rings is 2. The fourth-order valence-corrected chi connectivity index (χ4v) is 3.89. The van der Waals surface area contributed by atoms with Crippen LogP contribution in [0.15, 0.2) is 55.0 Å². The number of H-pyrrole nitrogens is 1. The summed E-state index contributed by atoms with van der Waals surface area (Å²) >= 11 is 0. The highest BCUT2D eigenvalue weighted by molar-refractivity contribution is 5.97. The van der Waals surface area contributed by atoms with Crippen LogP contribution in [0.1, 0.15) is 26.7 Å². The molecule has 4 aromatic rings. The fraction of sp³-hybridized carbons (Fsp3) is 0.280. The van der Waals surface area contributed by atoms with Gasteiger partial charge >= 0.3 is 0 Å². The van der Waals surface area contributed by atoms with Crippen molar-refractivity contribution in [2.24, 2.45) is 0 Å². The molecule has 1 unspecified atom stereocenters. The van der Waals surface area contributed by atoms with Gasteiger partial charge in [-0.1, -0.05) is 26.0 Å². The van der Waals surface area contributed by atoms with Crippen LogP contribution in [-0.2, 0) is 0 Å². The van der Waals surface area contributed by atoms with Crippen LogP contribution < -0.4 is 10.1 Å². The molecule has 32 heavy (non-hydrogen) atoms. The molecular formula is C25H26F2N4O. The average molecular weight is 437 g/mol. The largest absolute Gasteiger partial charge is 0.472 e. The summed E-state index contributed by atoms with van der Waals surface area (Å²) in [5.41, 5.74) is 2.69. The van der Waals surface area contributed by atoms with E-state index in [2.05, 4.69) is 20.3 Å². The number of aromatic nitrogens is 3. The molecule has 166 valence electrons. The summed E-state index contributed by atoms with van der Waals surface area (Å²) in [6.07, 6.45) is 7.20. The van der Waals surface area contributed by atoms with Crippen LogP contribution in [-0.4, -0.2) is 34.1 Å². The lowest BCUT2D eigenvalue weighted by atomic mass is 10.0. The van der Waals surface area contributed by atoms with E-state index in [1.54, 1.807) is 24.5 Å². The number of nitrogens with zero attached hydrogens (tertiary/aromatic N) is 2. The van der Waals surface area contributed by atoms with Gasteiger partial charge in [-0.15, -0.1) is 0 Å². The third-order valence-corrected chi connectivity index (χ3v) is 5.36. The molecule has 5 rings (SSSR count). The fourth-order valence-electron chi connectivity index (χ4n) is 3.89. The van der Waals surface area contributed by atoms with Gasteiger partial charge < -0.3 is 15.0 Å². The van der Waals surface area contributed by atoms with Crippen LogP contribution in [0.25, 0.3) is 33.3 Å². The first kappa shape index (κ1) is 21.9. The van der Waals surface area contributed by atoms with E-state index in [0.29, 0.717) is 17.1 Å². The number of hydrogen-bond donors (Lipinski definition) is 2. The first-order chi connectivity index (χ1) is 15.7. The zero-order chi connectivity index (χ0) is 22.5. The third kappa shape index (κ3) is 4.48. The van der Waals surface area contributed by atoms with E-state index in [0.717, 1.165) is 42.4 Å². The Labute approximate surface area is 185 Å². The number of fused-ring (bicyclic) bond motifs is 1. The lowest BCUT2D eigenvalue weighted by Crippen LogP contribution is -2.37. The van der Waals surface area contributed by atoms with Gasteiger partial charge in [0.2, 0.25) is 5.88 Å². The van der Waals surface area contributed by atoms with Gasteiger partial charge in [-0.3, -0.25) is 4.98 Å². The van der Waals surface area contributed by atoms with Crippen molar-refractivity contribution in [3.63, 3.8) is 0 Å².